The van der Waals surface area contributed by atoms with Crippen molar-refractivity contribution < 1.29 is 13.9 Å². The van der Waals surface area contributed by atoms with Crippen LogP contribution >= 0.6 is 0 Å². The number of benzene rings is 2. The Morgan fingerprint density at radius 2 is 1.81 bits per heavy atom. The lowest BCUT2D eigenvalue weighted by Gasteiger charge is -2.26. The monoisotopic (exact) mass is 289 g/mol. The van der Waals surface area contributed by atoms with Gasteiger partial charge in [-0.2, -0.15) is 0 Å². The van der Waals surface area contributed by atoms with Crippen molar-refractivity contribution in [3.05, 3.63) is 59.4 Å². The molecule has 2 N–H and O–H groups in total. The van der Waals surface area contributed by atoms with Gasteiger partial charge >= 0.3 is 0 Å². The minimum absolute atomic E-state index is 0.231. The number of hydrogen-bond donors (Lipinski definition) is 1. The average molecular weight is 289 g/mol. The highest BCUT2D eigenvalue weighted by atomic mass is 19.1. The van der Waals surface area contributed by atoms with Crippen molar-refractivity contribution in [3.8, 4) is 11.5 Å². The summed E-state index contributed by atoms with van der Waals surface area (Å²) in [4.78, 5) is 0. The van der Waals surface area contributed by atoms with E-state index >= 15 is 0 Å². The summed E-state index contributed by atoms with van der Waals surface area (Å²) in [6.07, 6.45) is 0.364. The summed E-state index contributed by atoms with van der Waals surface area (Å²) in [5.41, 5.74) is 7.11. The van der Waals surface area contributed by atoms with E-state index in [1.54, 1.807) is 25.3 Å². The van der Waals surface area contributed by atoms with Crippen LogP contribution in [0.25, 0.3) is 0 Å². The Morgan fingerprint density at radius 1 is 1.10 bits per heavy atom. The Labute approximate surface area is 124 Å². The maximum Gasteiger partial charge on any atom is 0.168 e. The van der Waals surface area contributed by atoms with E-state index in [9.17, 15) is 4.39 Å². The zero-order chi connectivity index (χ0) is 15.5. The highest BCUT2D eigenvalue weighted by Gasteiger charge is 2.24. The van der Waals surface area contributed by atoms with E-state index in [1.807, 2.05) is 31.2 Å². The second kappa shape index (κ2) is 6.14. The van der Waals surface area contributed by atoms with Gasteiger partial charge < -0.3 is 15.2 Å². The highest BCUT2D eigenvalue weighted by molar-refractivity contribution is 5.37. The quantitative estimate of drug-likeness (QED) is 0.919. The van der Waals surface area contributed by atoms with E-state index in [1.165, 1.54) is 7.11 Å². The zero-order valence-electron chi connectivity index (χ0n) is 12.5. The van der Waals surface area contributed by atoms with E-state index in [2.05, 4.69) is 0 Å². The van der Waals surface area contributed by atoms with Gasteiger partial charge in [0.05, 0.1) is 14.2 Å². The third-order valence-corrected chi connectivity index (χ3v) is 3.55. The van der Waals surface area contributed by atoms with Gasteiger partial charge in [-0.25, -0.2) is 4.39 Å². The summed E-state index contributed by atoms with van der Waals surface area (Å²) in [6.45, 7) is 1.88. The van der Waals surface area contributed by atoms with Crippen LogP contribution in [0.1, 0.15) is 18.1 Å². The molecule has 1 unspecified atom stereocenters. The number of halogens is 1. The molecule has 0 bridgehead atoms. The molecule has 4 heteroatoms. The van der Waals surface area contributed by atoms with Crippen molar-refractivity contribution in [2.24, 2.45) is 5.73 Å². The molecule has 0 aromatic heterocycles. The lowest BCUT2D eigenvalue weighted by molar-refractivity contribution is 0.379. The second-order valence-corrected chi connectivity index (χ2v) is 5.26. The van der Waals surface area contributed by atoms with E-state index in [0.29, 0.717) is 12.0 Å². The van der Waals surface area contributed by atoms with Gasteiger partial charge in [-0.1, -0.05) is 24.3 Å². The predicted molar refractivity (Wildman–Crippen MR) is 81.2 cm³/mol. The largest absolute Gasteiger partial charge is 0.497 e. The van der Waals surface area contributed by atoms with Gasteiger partial charge in [-0.05, 0) is 42.7 Å². The van der Waals surface area contributed by atoms with Crippen LogP contribution in [0.5, 0.6) is 11.5 Å². The number of methoxy groups -OCH3 is 2. The van der Waals surface area contributed by atoms with Crippen LogP contribution in [-0.4, -0.2) is 14.2 Å². The molecule has 0 aliphatic heterocycles. The molecule has 0 saturated heterocycles. The molecule has 2 aromatic carbocycles. The fourth-order valence-electron chi connectivity index (χ4n) is 2.33. The maximum atomic E-state index is 14.3. The van der Waals surface area contributed by atoms with Gasteiger partial charge in [-0.3, -0.25) is 0 Å². The zero-order valence-corrected chi connectivity index (χ0v) is 12.5. The minimum atomic E-state index is -0.707. The normalized spacial score (nSPS) is 13.6. The molecule has 0 saturated carbocycles. The van der Waals surface area contributed by atoms with Gasteiger partial charge in [-0.15, -0.1) is 0 Å². The lowest BCUT2D eigenvalue weighted by Crippen LogP contribution is -2.35. The smallest absolute Gasteiger partial charge is 0.168 e. The molecule has 21 heavy (non-hydrogen) atoms. The molecule has 0 amide bonds. The topological polar surface area (TPSA) is 44.5 Å². The Hall–Kier alpha value is -2.07. The van der Waals surface area contributed by atoms with E-state index in [0.717, 1.165) is 11.3 Å². The summed E-state index contributed by atoms with van der Waals surface area (Å²) in [7, 11) is 3.06. The van der Waals surface area contributed by atoms with Crippen LogP contribution in [0.2, 0.25) is 0 Å². The number of rotatable bonds is 5. The first-order chi connectivity index (χ1) is 9.97. The van der Waals surface area contributed by atoms with Gasteiger partial charge in [0.1, 0.15) is 5.75 Å². The molecule has 2 rings (SSSR count). The summed E-state index contributed by atoms with van der Waals surface area (Å²) < 4.78 is 24.5. The van der Waals surface area contributed by atoms with Crippen molar-refractivity contribution in [1.82, 2.24) is 0 Å². The van der Waals surface area contributed by atoms with Crippen LogP contribution in [0.3, 0.4) is 0 Å². The van der Waals surface area contributed by atoms with Crippen LogP contribution < -0.4 is 15.2 Å². The molecule has 0 aliphatic carbocycles. The van der Waals surface area contributed by atoms with Crippen molar-refractivity contribution in [2.75, 3.05) is 14.2 Å². The Kier molecular flexibility index (Phi) is 4.48. The third kappa shape index (κ3) is 3.34. The number of hydrogen-bond acceptors (Lipinski definition) is 3. The molecule has 0 heterocycles. The summed E-state index contributed by atoms with van der Waals surface area (Å²) in [6, 6.07) is 12.6. The molecule has 2 aromatic rings. The summed E-state index contributed by atoms with van der Waals surface area (Å²) >= 11 is 0. The third-order valence-electron chi connectivity index (χ3n) is 3.55. The SMILES string of the molecule is COc1cccc(C(C)(N)Cc2cccc(OC)c2F)c1. The fourth-order valence-corrected chi connectivity index (χ4v) is 2.33. The lowest BCUT2D eigenvalue weighted by atomic mass is 9.86. The predicted octanol–water partition coefficient (Wildman–Crippen LogP) is 3.26. The molecule has 0 radical (unpaired) electrons. The van der Waals surface area contributed by atoms with E-state index < -0.39 is 5.54 Å². The fraction of sp³-hybridized carbons (Fsp3) is 0.294. The molecule has 3 nitrogen and oxygen atoms in total. The average Bonchev–Trinajstić information content (AvgIpc) is 2.49. The van der Waals surface area contributed by atoms with Crippen molar-refractivity contribution >= 4 is 0 Å². The molecule has 112 valence electrons. The van der Waals surface area contributed by atoms with Crippen LogP contribution in [-0.2, 0) is 12.0 Å². The standard InChI is InChI=1S/C17H20FNO2/c1-17(19,13-7-5-8-14(10-13)20-2)11-12-6-4-9-15(21-3)16(12)18/h4-10H,11,19H2,1-3H3. The van der Waals surface area contributed by atoms with E-state index in [4.69, 9.17) is 15.2 Å². The van der Waals surface area contributed by atoms with Gasteiger partial charge in [0.2, 0.25) is 0 Å². The molecular weight excluding hydrogens is 269 g/mol. The molecule has 0 aliphatic rings. The molecule has 1 atom stereocenters. The Morgan fingerprint density at radius 3 is 2.48 bits per heavy atom. The van der Waals surface area contributed by atoms with E-state index in [-0.39, 0.29) is 11.6 Å². The van der Waals surface area contributed by atoms with Crippen LogP contribution in [0.15, 0.2) is 42.5 Å². The number of nitrogens with two attached hydrogens (primary N) is 1. The second-order valence-electron chi connectivity index (χ2n) is 5.26. The first kappa shape index (κ1) is 15.3. The van der Waals surface area contributed by atoms with Crippen molar-refractivity contribution in [2.45, 2.75) is 18.9 Å². The minimum Gasteiger partial charge on any atom is -0.497 e. The summed E-state index contributed by atoms with van der Waals surface area (Å²) in [5.74, 6) is 0.601. The molecule has 0 spiro atoms. The summed E-state index contributed by atoms with van der Waals surface area (Å²) in [5, 5.41) is 0. The first-order valence-corrected chi connectivity index (χ1v) is 6.72. The Balaban J connectivity index is 2.32. The van der Waals surface area contributed by atoms with Crippen LogP contribution in [0.4, 0.5) is 4.39 Å². The maximum absolute atomic E-state index is 14.3. The molecule has 0 fully saturated rings. The highest BCUT2D eigenvalue weighted by Crippen LogP contribution is 2.29. The number of ether oxygens (including phenoxy) is 2. The first-order valence-electron chi connectivity index (χ1n) is 6.72. The van der Waals surface area contributed by atoms with Crippen molar-refractivity contribution in [1.29, 1.82) is 0 Å². The van der Waals surface area contributed by atoms with Gasteiger partial charge in [0, 0.05) is 5.54 Å². The Bertz CT molecular complexity index is 626. The van der Waals surface area contributed by atoms with Gasteiger partial charge in [0.15, 0.2) is 11.6 Å². The van der Waals surface area contributed by atoms with Gasteiger partial charge in [0.25, 0.3) is 0 Å². The van der Waals surface area contributed by atoms with Crippen molar-refractivity contribution in [3.63, 3.8) is 0 Å². The molecular formula is C17H20FNO2. The van der Waals surface area contributed by atoms with Crippen LogP contribution in [0, 0.1) is 5.82 Å².